The van der Waals surface area contributed by atoms with Crippen molar-refractivity contribution >= 4 is 0 Å². The molecule has 3 nitrogen and oxygen atoms in total. The lowest BCUT2D eigenvalue weighted by atomic mass is 10.1. The van der Waals surface area contributed by atoms with Crippen molar-refractivity contribution in [3.63, 3.8) is 0 Å². The van der Waals surface area contributed by atoms with Gasteiger partial charge in [-0.3, -0.25) is 4.90 Å². The van der Waals surface area contributed by atoms with Crippen molar-refractivity contribution in [1.82, 2.24) is 15.1 Å². The molecule has 2 rings (SSSR count). The highest BCUT2D eigenvalue weighted by Crippen LogP contribution is 2.18. The van der Waals surface area contributed by atoms with Crippen molar-refractivity contribution in [1.29, 1.82) is 0 Å². The van der Waals surface area contributed by atoms with Gasteiger partial charge in [-0.2, -0.15) is 0 Å². The largest absolute Gasteiger partial charge is 0.310 e. The van der Waals surface area contributed by atoms with E-state index in [0.29, 0.717) is 6.04 Å². The predicted molar refractivity (Wildman–Crippen MR) is 85.8 cm³/mol. The van der Waals surface area contributed by atoms with Crippen molar-refractivity contribution in [2.24, 2.45) is 0 Å². The summed E-state index contributed by atoms with van der Waals surface area (Å²) in [6.07, 6.45) is 1.29. The number of nitrogens with zero attached hydrogens (tertiary/aromatic N) is 2. The Morgan fingerprint density at radius 3 is 2.55 bits per heavy atom. The predicted octanol–water partition coefficient (Wildman–Crippen LogP) is 2.32. The van der Waals surface area contributed by atoms with Crippen LogP contribution in [0.2, 0.25) is 0 Å². The fourth-order valence-corrected chi connectivity index (χ4v) is 2.82. The molecule has 0 aromatic heterocycles. The second-order valence-corrected chi connectivity index (χ2v) is 6.45. The summed E-state index contributed by atoms with van der Waals surface area (Å²) in [5.41, 5.74) is 2.91. The number of hydrogen-bond acceptors (Lipinski definition) is 3. The smallest absolute Gasteiger partial charge is 0.0237 e. The standard InChI is InChI=1S/C17H29N3/c1-14(2)18-11-15-7-5-6-8-16(15)12-20-10-9-17(13-20)19(3)4/h5-8,14,17-18H,9-13H2,1-4H3. The van der Waals surface area contributed by atoms with Crippen molar-refractivity contribution in [2.45, 2.75) is 45.4 Å². The second-order valence-electron chi connectivity index (χ2n) is 6.45. The van der Waals surface area contributed by atoms with Gasteiger partial charge < -0.3 is 10.2 Å². The van der Waals surface area contributed by atoms with Crippen molar-refractivity contribution < 1.29 is 0 Å². The van der Waals surface area contributed by atoms with Gasteiger partial charge in [0.1, 0.15) is 0 Å². The molecule has 1 aromatic rings. The molecule has 1 aliphatic rings. The fraction of sp³-hybridized carbons (Fsp3) is 0.647. The van der Waals surface area contributed by atoms with Crippen molar-refractivity contribution in [3.8, 4) is 0 Å². The van der Waals surface area contributed by atoms with E-state index in [-0.39, 0.29) is 0 Å². The van der Waals surface area contributed by atoms with E-state index < -0.39 is 0 Å². The van der Waals surface area contributed by atoms with E-state index in [2.05, 4.69) is 67.3 Å². The molecule has 1 saturated heterocycles. The molecule has 112 valence electrons. The first kappa shape index (κ1) is 15.5. The molecule has 1 aliphatic heterocycles. The molecule has 1 aromatic carbocycles. The quantitative estimate of drug-likeness (QED) is 0.859. The molecule has 3 heteroatoms. The summed E-state index contributed by atoms with van der Waals surface area (Å²) in [7, 11) is 4.38. The molecule has 1 fully saturated rings. The number of rotatable bonds is 6. The summed E-state index contributed by atoms with van der Waals surface area (Å²) in [6, 6.07) is 10.1. The van der Waals surface area contributed by atoms with Crippen LogP contribution in [0.5, 0.6) is 0 Å². The molecule has 20 heavy (non-hydrogen) atoms. The zero-order valence-electron chi connectivity index (χ0n) is 13.4. The Balaban J connectivity index is 1.95. The van der Waals surface area contributed by atoms with Crippen molar-refractivity contribution in [3.05, 3.63) is 35.4 Å². The molecule has 0 spiro atoms. The summed E-state index contributed by atoms with van der Waals surface area (Å²) in [6.45, 7) is 8.86. The minimum absolute atomic E-state index is 0.535. The highest BCUT2D eigenvalue weighted by Gasteiger charge is 2.24. The minimum Gasteiger partial charge on any atom is -0.310 e. The van der Waals surface area contributed by atoms with Gasteiger partial charge in [-0.25, -0.2) is 0 Å². The van der Waals surface area contributed by atoms with Crippen LogP contribution in [0.15, 0.2) is 24.3 Å². The minimum atomic E-state index is 0.535. The van der Waals surface area contributed by atoms with Gasteiger partial charge in [0.2, 0.25) is 0 Å². The number of likely N-dealkylation sites (tertiary alicyclic amines) is 1. The topological polar surface area (TPSA) is 18.5 Å². The maximum absolute atomic E-state index is 3.53. The third-order valence-electron chi connectivity index (χ3n) is 4.19. The van der Waals surface area contributed by atoms with Crippen LogP contribution < -0.4 is 5.32 Å². The first-order valence-electron chi connectivity index (χ1n) is 7.75. The summed E-state index contributed by atoms with van der Waals surface area (Å²) < 4.78 is 0. The summed E-state index contributed by atoms with van der Waals surface area (Å²) in [5, 5.41) is 3.53. The van der Waals surface area contributed by atoms with Gasteiger partial charge in [-0.05, 0) is 31.6 Å². The van der Waals surface area contributed by atoms with Crippen LogP contribution in [-0.2, 0) is 13.1 Å². The van der Waals surface area contributed by atoms with Gasteiger partial charge in [-0.1, -0.05) is 38.1 Å². The van der Waals surface area contributed by atoms with Gasteiger partial charge in [0.15, 0.2) is 0 Å². The zero-order chi connectivity index (χ0) is 14.5. The van der Waals surface area contributed by atoms with Crippen LogP contribution in [0.1, 0.15) is 31.4 Å². The Bertz CT molecular complexity index is 414. The highest BCUT2D eigenvalue weighted by atomic mass is 15.2. The normalized spacial score (nSPS) is 20.2. The van der Waals surface area contributed by atoms with Crippen LogP contribution in [0.4, 0.5) is 0 Å². The van der Waals surface area contributed by atoms with Crippen molar-refractivity contribution in [2.75, 3.05) is 27.2 Å². The van der Waals surface area contributed by atoms with E-state index in [1.165, 1.54) is 30.6 Å². The molecule has 0 aliphatic carbocycles. The monoisotopic (exact) mass is 275 g/mol. The van der Waals surface area contributed by atoms with E-state index in [1.807, 2.05) is 0 Å². The van der Waals surface area contributed by atoms with Gasteiger partial charge in [0.05, 0.1) is 0 Å². The molecule has 0 saturated carbocycles. The van der Waals surface area contributed by atoms with Crippen LogP contribution in [0.25, 0.3) is 0 Å². The Labute approximate surface area is 124 Å². The Morgan fingerprint density at radius 1 is 1.25 bits per heavy atom. The molecule has 1 N–H and O–H groups in total. The molecule has 0 radical (unpaired) electrons. The Kier molecular flexibility index (Phi) is 5.58. The summed E-state index contributed by atoms with van der Waals surface area (Å²) >= 11 is 0. The molecule has 1 unspecified atom stereocenters. The Hall–Kier alpha value is -0.900. The maximum Gasteiger partial charge on any atom is 0.0237 e. The lowest BCUT2D eigenvalue weighted by Gasteiger charge is -2.21. The van der Waals surface area contributed by atoms with Gasteiger partial charge >= 0.3 is 0 Å². The van der Waals surface area contributed by atoms with E-state index in [4.69, 9.17) is 0 Å². The van der Waals surface area contributed by atoms with Gasteiger partial charge in [0, 0.05) is 38.3 Å². The number of hydrogen-bond donors (Lipinski definition) is 1. The maximum atomic E-state index is 3.53. The second kappa shape index (κ2) is 7.21. The number of benzene rings is 1. The van der Waals surface area contributed by atoms with E-state index in [0.717, 1.165) is 19.1 Å². The van der Waals surface area contributed by atoms with E-state index in [1.54, 1.807) is 0 Å². The zero-order valence-corrected chi connectivity index (χ0v) is 13.4. The average molecular weight is 275 g/mol. The SMILES string of the molecule is CC(C)NCc1ccccc1CN1CCC(N(C)C)C1. The molecule has 0 amide bonds. The summed E-state index contributed by atoms with van der Waals surface area (Å²) in [5.74, 6) is 0. The Morgan fingerprint density at radius 2 is 1.95 bits per heavy atom. The number of nitrogens with one attached hydrogen (secondary N) is 1. The van der Waals surface area contributed by atoms with Crippen LogP contribution in [-0.4, -0.2) is 49.1 Å². The van der Waals surface area contributed by atoms with Crippen LogP contribution in [0, 0.1) is 0 Å². The fourth-order valence-electron chi connectivity index (χ4n) is 2.82. The molecule has 1 heterocycles. The third-order valence-corrected chi connectivity index (χ3v) is 4.19. The lowest BCUT2D eigenvalue weighted by molar-refractivity contribution is 0.264. The highest BCUT2D eigenvalue weighted by molar-refractivity contribution is 5.27. The van der Waals surface area contributed by atoms with E-state index >= 15 is 0 Å². The first-order valence-corrected chi connectivity index (χ1v) is 7.75. The van der Waals surface area contributed by atoms with E-state index in [9.17, 15) is 0 Å². The molecule has 0 bridgehead atoms. The molecular weight excluding hydrogens is 246 g/mol. The number of likely N-dealkylation sites (N-methyl/N-ethyl adjacent to an activating group) is 1. The third kappa shape index (κ3) is 4.30. The van der Waals surface area contributed by atoms with Crippen LogP contribution in [0.3, 0.4) is 0 Å². The van der Waals surface area contributed by atoms with Crippen LogP contribution >= 0.6 is 0 Å². The average Bonchev–Trinajstić information content (AvgIpc) is 2.86. The lowest BCUT2D eigenvalue weighted by Crippen LogP contribution is -2.31. The molecular formula is C17H29N3. The molecule has 1 atom stereocenters. The van der Waals surface area contributed by atoms with Gasteiger partial charge in [-0.15, -0.1) is 0 Å². The summed E-state index contributed by atoms with van der Waals surface area (Å²) in [4.78, 5) is 4.94. The van der Waals surface area contributed by atoms with Gasteiger partial charge in [0.25, 0.3) is 0 Å². The first-order chi connectivity index (χ1) is 9.56.